The SMILES string of the molecule is COCC(C(C)C)n1c(CCCl)nc2ccc(OC)cc21. The molecule has 21 heavy (non-hydrogen) atoms. The van der Waals surface area contributed by atoms with Crippen LogP contribution < -0.4 is 4.74 Å². The van der Waals surface area contributed by atoms with Gasteiger partial charge in [0.05, 0.1) is 30.8 Å². The molecule has 0 aliphatic carbocycles. The molecular formula is C16H23ClN2O2. The van der Waals surface area contributed by atoms with Gasteiger partial charge >= 0.3 is 0 Å². The van der Waals surface area contributed by atoms with Crippen LogP contribution in [0.25, 0.3) is 11.0 Å². The van der Waals surface area contributed by atoms with Gasteiger partial charge in [0, 0.05) is 25.5 Å². The van der Waals surface area contributed by atoms with Crippen molar-refractivity contribution in [2.24, 2.45) is 5.92 Å². The Bertz CT molecular complexity index is 595. The van der Waals surface area contributed by atoms with Gasteiger partial charge in [0.1, 0.15) is 11.6 Å². The van der Waals surface area contributed by atoms with Crippen molar-refractivity contribution in [3.8, 4) is 5.75 Å². The molecule has 1 unspecified atom stereocenters. The lowest BCUT2D eigenvalue weighted by Gasteiger charge is -2.24. The number of halogens is 1. The predicted octanol–water partition coefficient (Wildman–Crippen LogP) is 3.67. The third-order valence-corrected chi connectivity index (χ3v) is 3.92. The van der Waals surface area contributed by atoms with E-state index in [9.17, 15) is 0 Å². The number of alkyl halides is 1. The number of imidazole rings is 1. The lowest BCUT2D eigenvalue weighted by molar-refractivity contribution is 0.133. The van der Waals surface area contributed by atoms with Gasteiger partial charge in [-0.05, 0) is 18.1 Å². The fourth-order valence-corrected chi connectivity index (χ4v) is 2.79. The Kier molecular flexibility index (Phi) is 5.48. The molecule has 0 fully saturated rings. The molecule has 5 heteroatoms. The number of nitrogens with zero attached hydrogens (tertiary/aromatic N) is 2. The van der Waals surface area contributed by atoms with Crippen molar-refractivity contribution in [3.05, 3.63) is 24.0 Å². The first-order valence-corrected chi connectivity index (χ1v) is 7.75. The molecule has 1 aromatic heterocycles. The van der Waals surface area contributed by atoms with E-state index in [4.69, 9.17) is 26.1 Å². The molecule has 0 aliphatic rings. The van der Waals surface area contributed by atoms with Crippen LogP contribution in [0.15, 0.2) is 18.2 Å². The number of fused-ring (bicyclic) bond motifs is 1. The van der Waals surface area contributed by atoms with Crippen LogP contribution in [0, 0.1) is 5.92 Å². The average molecular weight is 311 g/mol. The van der Waals surface area contributed by atoms with E-state index in [1.54, 1.807) is 14.2 Å². The molecule has 0 radical (unpaired) electrons. The van der Waals surface area contributed by atoms with E-state index in [2.05, 4.69) is 18.4 Å². The number of benzene rings is 1. The zero-order valence-corrected chi connectivity index (χ0v) is 13.9. The monoisotopic (exact) mass is 310 g/mol. The summed E-state index contributed by atoms with van der Waals surface area (Å²) in [5, 5.41) is 0. The fourth-order valence-electron chi connectivity index (χ4n) is 2.62. The van der Waals surface area contributed by atoms with Gasteiger partial charge in [0.15, 0.2) is 0 Å². The quantitative estimate of drug-likeness (QED) is 0.732. The summed E-state index contributed by atoms with van der Waals surface area (Å²) in [7, 11) is 3.41. The van der Waals surface area contributed by atoms with Gasteiger partial charge < -0.3 is 14.0 Å². The average Bonchev–Trinajstić information content (AvgIpc) is 2.81. The predicted molar refractivity (Wildman–Crippen MR) is 86.5 cm³/mol. The Labute approximate surface area is 131 Å². The molecule has 0 aliphatic heterocycles. The summed E-state index contributed by atoms with van der Waals surface area (Å²) < 4.78 is 13.0. The zero-order valence-electron chi connectivity index (χ0n) is 13.1. The molecule has 0 amide bonds. The molecule has 2 rings (SSSR count). The number of methoxy groups -OCH3 is 2. The summed E-state index contributed by atoms with van der Waals surface area (Å²) >= 11 is 5.95. The summed E-state index contributed by atoms with van der Waals surface area (Å²) in [6.07, 6.45) is 0.742. The summed E-state index contributed by atoms with van der Waals surface area (Å²) in [6, 6.07) is 6.19. The highest BCUT2D eigenvalue weighted by Gasteiger charge is 2.22. The van der Waals surface area contributed by atoms with Gasteiger partial charge in [-0.3, -0.25) is 0 Å². The highest BCUT2D eigenvalue weighted by Crippen LogP contribution is 2.29. The van der Waals surface area contributed by atoms with Crippen LogP contribution in [-0.2, 0) is 11.2 Å². The maximum absolute atomic E-state index is 5.95. The highest BCUT2D eigenvalue weighted by molar-refractivity contribution is 6.17. The molecule has 1 atom stereocenters. The third kappa shape index (κ3) is 3.33. The minimum atomic E-state index is 0.227. The summed E-state index contributed by atoms with van der Waals surface area (Å²) in [6.45, 7) is 5.04. The summed E-state index contributed by atoms with van der Waals surface area (Å²) in [5.74, 6) is 2.82. The number of aromatic nitrogens is 2. The van der Waals surface area contributed by atoms with Crippen molar-refractivity contribution in [2.45, 2.75) is 26.3 Å². The summed E-state index contributed by atoms with van der Waals surface area (Å²) in [4.78, 5) is 4.73. The lowest BCUT2D eigenvalue weighted by atomic mass is 10.0. The number of ether oxygens (including phenoxy) is 2. The Morgan fingerprint density at radius 2 is 2.05 bits per heavy atom. The van der Waals surface area contributed by atoms with Gasteiger partial charge in [-0.2, -0.15) is 0 Å². The van der Waals surface area contributed by atoms with Crippen LogP contribution >= 0.6 is 11.6 Å². The van der Waals surface area contributed by atoms with Crippen LogP contribution in [0.5, 0.6) is 5.75 Å². The van der Waals surface area contributed by atoms with E-state index >= 15 is 0 Å². The fraction of sp³-hybridized carbons (Fsp3) is 0.562. The standard InChI is InChI=1S/C16H23ClN2O2/c1-11(2)15(10-20-3)19-14-9-12(21-4)5-6-13(14)18-16(19)7-8-17/h5-6,9,11,15H,7-8,10H2,1-4H3. The third-order valence-electron chi connectivity index (χ3n) is 3.73. The van der Waals surface area contributed by atoms with Crippen molar-refractivity contribution in [1.82, 2.24) is 9.55 Å². The molecular weight excluding hydrogens is 288 g/mol. The van der Waals surface area contributed by atoms with Gasteiger partial charge in [-0.1, -0.05) is 13.8 Å². The molecule has 116 valence electrons. The second kappa shape index (κ2) is 7.14. The van der Waals surface area contributed by atoms with E-state index < -0.39 is 0 Å². The van der Waals surface area contributed by atoms with E-state index in [-0.39, 0.29) is 6.04 Å². The number of aryl methyl sites for hydroxylation is 1. The maximum Gasteiger partial charge on any atom is 0.121 e. The van der Waals surface area contributed by atoms with Crippen molar-refractivity contribution in [2.75, 3.05) is 26.7 Å². The van der Waals surface area contributed by atoms with Crippen LogP contribution in [0.3, 0.4) is 0 Å². The Hall–Kier alpha value is -1.26. The van der Waals surface area contributed by atoms with Crippen molar-refractivity contribution in [3.63, 3.8) is 0 Å². The van der Waals surface area contributed by atoms with Gasteiger partial charge in [0.25, 0.3) is 0 Å². The van der Waals surface area contributed by atoms with Gasteiger partial charge in [-0.15, -0.1) is 11.6 Å². The molecule has 4 nitrogen and oxygen atoms in total. The van der Waals surface area contributed by atoms with E-state index in [0.29, 0.717) is 18.4 Å². The molecule has 0 saturated carbocycles. The largest absolute Gasteiger partial charge is 0.497 e. The molecule has 2 aromatic rings. The Balaban J connectivity index is 2.62. The molecule has 0 saturated heterocycles. The number of hydrogen-bond donors (Lipinski definition) is 0. The topological polar surface area (TPSA) is 36.3 Å². The molecule has 0 spiro atoms. The van der Waals surface area contributed by atoms with E-state index in [1.165, 1.54) is 0 Å². The number of hydrogen-bond acceptors (Lipinski definition) is 3. The highest BCUT2D eigenvalue weighted by atomic mass is 35.5. The first-order valence-electron chi connectivity index (χ1n) is 7.22. The second-order valence-electron chi connectivity index (χ2n) is 5.46. The molecule has 1 heterocycles. The van der Waals surface area contributed by atoms with Crippen LogP contribution in [-0.4, -0.2) is 36.3 Å². The van der Waals surface area contributed by atoms with Crippen molar-refractivity contribution in [1.29, 1.82) is 0 Å². The van der Waals surface area contributed by atoms with Crippen LogP contribution in [0.4, 0.5) is 0 Å². The van der Waals surface area contributed by atoms with E-state index in [1.807, 2.05) is 18.2 Å². The smallest absolute Gasteiger partial charge is 0.121 e. The Morgan fingerprint density at radius 3 is 2.62 bits per heavy atom. The molecule has 1 aromatic carbocycles. The minimum Gasteiger partial charge on any atom is -0.497 e. The first-order chi connectivity index (χ1) is 10.1. The zero-order chi connectivity index (χ0) is 15.4. The normalized spacial score (nSPS) is 13.0. The lowest BCUT2D eigenvalue weighted by Crippen LogP contribution is -2.22. The van der Waals surface area contributed by atoms with E-state index in [0.717, 1.165) is 29.0 Å². The van der Waals surface area contributed by atoms with Crippen molar-refractivity contribution < 1.29 is 9.47 Å². The summed E-state index contributed by atoms with van der Waals surface area (Å²) in [5.41, 5.74) is 2.04. The molecule has 0 bridgehead atoms. The Morgan fingerprint density at radius 1 is 1.29 bits per heavy atom. The number of rotatable bonds is 7. The van der Waals surface area contributed by atoms with Crippen LogP contribution in [0.2, 0.25) is 0 Å². The van der Waals surface area contributed by atoms with Gasteiger partial charge in [-0.25, -0.2) is 4.98 Å². The minimum absolute atomic E-state index is 0.227. The second-order valence-corrected chi connectivity index (χ2v) is 5.84. The van der Waals surface area contributed by atoms with Gasteiger partial charge in [0.2, 0.25) is 0 Å². The van der Waals surface area contributed by atoms with Crippen LogP contribution in [0.1, 0.15) is 25.7 Å². The first kappa shape index (κ1) is 16.1. The maximum atomic E-state index is 5.95. The molecule has 0 N–H and O–H groups in total. The van der Waals surface area contributed by atoms with Crippen molar-refractivity contribution >= 4 is 22.6 Å².